The number of aryl methyl sites for hydroxylation is 1. The Labute approximate surface area is 117 Å². The van der Waals surface area contributed by atoms with E-state index in [1.165, 1.54) is 0 Å². The van der Waals surface area contributed by atoms with Gasteiger partial charge >= 0.3 is 5.97 Å². The van der Waals surface area contributed by atoms with E-state index in [1.54, 1.807) is 4.68 Å². The van der Waals surface area contributed by atoms with Crippen LogP contribution in [-0.2, 0) is 4.79 Å². The highest BCUT2D eigenvalue weighted by molar-refractivity contribution is 5.67. The van der Waals surface area contributed by atoms with Crippen LogP contribution in [0.5, 0.6) is 0 Å². The average molecular weight is 274 g/mol. The second-order valence-electron chi connectivity index (χ2n) is 4.85. The molecule has 6 heteroatoms. The zero-order valence-corrected chi connectivity index (χ0v) is 11.9. The number of rotatable bonds is 5. The Balaban J connectivity index is 2.47. The van der Waals surface area contributed by atoms with Gasteiger partial charge in [0.1, 0.15) is 0 Å². The Morgan fingerprint density at radius 3 is 2.80 bits per heavy atom. The van der Waals surface area contributed by atoms with Gasteiger partial charge in [-0.2, -0.15) is 0 Å². The molecule has 0 spiro atoms. The Kier molecular flexibility index (Phi) is 4.12. The molecule has 1 N–H and O–H groups in total. The SMILES string of the molecule is CCC(CC(=O)O)n1nnnc1-c1cccc(C)c1C. The third-order valence-electron chi connectivity index (χ3n) is 3.57. The van der Waals surface area contributed by atoms with Gasteiger partial charge < -0.3 is 5.11 Å². The van der Waals surface area contributed by atoms with E-state index < -0.39 is 5.97 Å². The van der Waals surface area contributed by atoms with E-state index in [9.17, 15) is 4.79 Å². The van der Waals surface area contributed by atoms with Gasteiger partial charge in [0.2, 0.25) is 0 Å². The van der Waals surface area contributed by atoms with Crippen LogP contribution in [0.1, 0.15) is 36.9 Å². The minimum atomic E-state index is -0.848. The van der Waals surface area contributed by atoms with Crippen molar-refractivity contribution in [3.63, 3.8) is 0 Å². The lowest BCUT2D eigenvalue weighted by molar-refractivity contribution is -0.138. The van der Waals surface area contributed by atoms with Crippen LogP contribution in [0.4, 0.5) is 0 Å². The molecule has 0 fully saturated rings. The number of carboxylic acids is 1. The first kappa shape index (κ1) is 14.2. The molecule has 2 rings (SSSR count). The summed E-state index contributed by atoms with van der Waals surface area (Å²) in [6.07, 6.45) is 0.675. The number of hydrogen-bond donors (Lipinski definition) is 1. The van der Waals surface area contributed by atoms with E-state index in [-0.39, 0.29) is 12.5 Å². The highest BCUT2D eigenvalue weighted by atomic mass is 16.4. The van der Waals surface area contributed by atoms with Crippen LogP contribution in [0.2, 0.25) is 0 Å². The monoisotopic (exact) mass is 274 g/mol. The zero-order chi connectivity index (χ0) is 14.7. The first-order valence-electron chi connectivity index (χ1n) is 6.60. The van der Waals surface area contributed by atoms with Gasteiger partial charge in [-0.15, -0.1) is 5.10 Å². The molecular formula is C14H18N4O2. The molecule has 0 radical (unpaired) electrons. The summed E-state index contributed by atoms with van der Waals surface area (Å²) in [6, 6.07) is 5.70. The predicted molar refractivity (Wildman–Crippen MR) is 74.3 cm³/mol. The molecule has 106 valence electrons. The van der Waals surface area contributed by atoms with Gasteiger partial charge in [-0.3, -0.25) is 4.79 Å². The number of nitrogens with zero attached hydrogens (tertiary/aromatic N) is 4. The molecule has 1 atom stereocenters. The largest absolute Gasteiger partial charge is 0.481 e. The minimum absolute atomic E-state index is 0.0133. The maximum atomic E-state index is 11.0. The molecule has 0 bridgehead atoms. The minimum Gasteiger partial charge on any atom is -0.481 e. The number of benzene rings is 1. The molecule has 1 unspecified atom stereocenters. The van der Waals surface area contributed by atoms with Gasteiger partial charge in [0.15, 0.2) is 5.82 Å². The molecule has 1 aromatic heterocycles. The van der Waals surface area contributed by atoms with Gasteiger partial charge in [0.05, 0.1) is 12.5 Å². The van der Waals surface area contributed by atoms with Crippen LogP contribution in [0, 0.1) is 13.8 Å². The van der Waals surface area contributed by atoms with Crippen molar-refractivity contribution in [2.24, 2.45) is 0 Å². The molecule has 0 amide bonds. The van der Waals surface area contributed by atoms with Gasteiger partial charge in [-0.1, -0.05) is 25.1 Å². The second kappa shape index (κ2) is 5.81. The molecular weight excluding hydrogens is 256 g/mol. The molecule has 0 aliphatic rings. The van der Waals surface area contributed by atoms with Crippen LogP contribution in [-0.4, -0.2) is 31.3 Å². The van der Waals surface area contributed by atoms with Crippen molar-refractivity contribution in [2.45, 2.75) is 39.7 Å². The van der Waals surface area contributed by atoms with Crippen LogP contribution in [0.25, 0.3) is 11.4 Å². The van der Waals surface area contributed by atoms with Crippen LogP contribution in [0.15, 0.2) is 18.2 Å². The number of aliphatic carboxylic acids is 1. The molecule has 2 aromatic rings. The number of aromatic nitrogens is 4. The lowest BCUT2D eigenvalue weighted by Gasteiger charge is -2.15. The standard InChI is InChI=1S/C14H18N4O2/c1-4-11(8-13(19)20)18-14(15-16-17-18)12-7-5-6-9(2)10(12)3/h5-7,11H,4,8H2,1-3H3,(H,19,20). The summed E-state index contributed by atoms with van der Waals surface area (Å²) in [6.45, 7) is 5.98. The van der Waals surface area contributed by atoms with Gasteiger partial charge in [0, 0.05) is 5.56 Å². The topological polar surface area (TPSA) is 80.9 Å². The zero-order valence-electron chi connectivity index (χ0n) is 11.9. The Morgan fingerprint density at radius 2 is 2.15 bits per heavy atom. The number of hydrogen-bond acceptors (Lipinski definition) is 4. The van der Waals surface area contributed by atoms with Crippen molar-refractivity contribution in [2.75, 3.05) is 0 Å². The lowest BCUT2D eigenvalue weighted by Crippen LogP contribution is -2.16. The summed E-state index contributed by atoms with van der Waals surface area (Å²) in [7, 11) is 0. The smallest absolute Gasteiger partial charge is 0.305 e. The molecule has 0 aliphatic carbocycles. The van der Waals surface area contributed by atoms with Gasteiger partial charge in [-0.25, -0.2) is 4.68 Å². The highest BCUT2D eigenvalue weighted by Gasteiger charge is 2.20. The first-order valence-corrected chi connectivity index (χ1v) is 6.60. The lowest BCUT2D eigenvalue weighted by atomic mass is 10.0. The molecule has 20 heavy (non-hydrogen) atoms. The highest BCUT2D eigenvalue weighted by Crippen LogP contribution is 2.26. The fraction of sp³-hybridized carbons (Fsp3) is 0.429. The molecule has 6 nitrogen and oxygen atoms in total. The van der Waals surface area contributed by atoms with E-state index in [0.29, 0.717) is 12.2 Å². The quantitative estimate of drug-likeness (QED) is 0.905. The van der Waals surface area contributed by atoms with Crippen LogP contribution < -0.4 is 0 Å². The van der Waals surface area contributed by atoms with Crippen LogP contribution in [0.3, 0.4) is 0 Å². The fourth-order valence-corrected chi connectivity index (χ4v) is 2.22. The van der Waals surface area contributed by atoms with Crippen molar-refractivity contribution in [3.05, 3.63) is 29.3 Å². The van der Waals surface area contributed by atoms with Crippen LogP contribution >= 0.6 is 0 Å². The van der Waals surface area contributed by atoms with Crippen molar-refractivity contribution >= 4 is 5.97 Å². The van der Waals surface area contributed by atoms with Gasteiger partial charge in [-0.05, 0) is 41.8 Å². The summed E-state index contributed by atoms with van der Waals surface area (Å²) in [5.41, 5.74) is 3.20. The summed E-state index contributed by atoms with van der Waals surface area (Å²) in [5, 5.41) is 20.8. The maximum Gasteiger partial charge on any atom is 0.305 e. The Morgan fingerprint density at radius 1 is 1.40 bits per heavy atom. The van der Waals surface area contributed by atoms with Crippen molar-refractivity contribution < 1.29 is 9.90 Å². The van der Waals surface area contributed by atoms with E-state index in [0.717, 1.165) is 16.7 Å². The molecule has 0 saturated heterocycles. The Bertz CT molecular complexity index is 621. The van der Waals surface area contributed by atoms with Crippen molar-refractivity contribution in [1.29, 1.82) is 0 Å². The molecule has 0 saturated carbocycles. The van der Waals surface area contributed by atoms with Crippen molar-refractivity contribution in [3.8, 4) is 11.4 Å². The third-order valence-corrected chi connectivity index (χ3v) is 3.57. The fourth-order valence-electron chi connectivity index (χ4n) is 2.22. The van der Waals surface area contributed by atoms with Gasteiger partial charge in [0.25, 0.3) is 0 Å². The number of tetrazole rings is 1. The third kappa shape index (κ3) is 2.68. The molecule has 1 heterocycles. The van der Waals surface area contributed by atoms with E-state index in [4.69, 9.17) is 5.11 Å². The summed E-state index contributed by atoms with van der Waals surface area (Å²) < 4.78 is 1.62. The average Bonchev–Trinajstić information content (AvgIpc) is 2.88. The second-order valence-corrected chi connectivity index (χ2v) is 4.85. The summed E-state index contributed by atoms with van der Waals surface area (Å²) >= 11 is 0. The predicted octanol–water partition coefficient (Wildman–Crippen LogP) is 2.38. The first-order chi connectivity index (χ1) is 9.54. The molecule has 0 aliphatic heterocycles. The maximum absolute atomic E-state index is 11.0. The number of carboxylic acid groups (broad SMARTS) is 1. The van der Waals surface area contributed by atoms with Crippen molar-refractivity contribution in [1.82, 2.24) is 20.2 Å². The summed E-state index contributed by atoms with van der Waals surface area (Å²) in [5.74, 6) is -0.224. The van der Waals surface area contributed by atoms with E-state index in [1.807, 2.05) is 39.0 Å². The van der Waals surface area contributed by atoms with E-state index in [2.05, 4.69) is 15.5 Å². The Hall–Kier alpha value is -2.24. The van der Waals surface area contributed by atoms with E-state index >= 15 is 0 Å². The summed E-state index contributed by atoms with van der Waals surface area (Å²) in [4.78, 5) is 11.0. The number of carbonyl (C=O) groups is 1. The normalized spacial score (nSPS) is 12.3. The molecule has 1 aromatic carbocycles.